The maximum absolute atomic E-state index is 5.83. The molecule has 0 aliphatic carbocycles. The molecule has 0 aliphatic rings. The normalized spacial score (nSPS) is 12.1. The summed E-state index contributed by atoms with van der Waals surface area (Å²) in [6, 6.07) is 17.6. The van der Waals surface area contributed by atoms with Crippen molar-refractivity contribution in [1.29, 1.82) is 0 Å². The molecule has 0 radical (unpaired) electrons. The number of hydrogen-bond acceptors (Lipinski definition) is 6. The third kappa shape index (κ3) is 3.50. The number of benzene rings is 2. The van der Waals surface area contributed by atoms with Crippen LogP contribution in [0.4, 0.5) is 0 Å². The number of aromatic nitrogens is 3. The number of hydrogen-bond donors (Lipinski definition) is 0. The predicted octanol–water partition coefficient (Wildman–Crippen LogP) is 5.31. The zero-order valence-electron chi connectivity index (χ0n) is 14.4. The molecule has 130 valence electrons. The third-order valence-corrected chi connectivity index (χ3v) is 4.68. The van der Waals surface area contributed by atoms with E-state index in [4.69, 9.17) is 9.26 Å². The van der Waals surface area contributed by atoms with Gasteiger partial charge in [-0.2, -0.15) is 4.98 Å². The van der Waals surface area contributed by atoms with Gasteiger partial charge in [-0.1, -0.05) is 47.6 Å². The lowest BCUT2D eigenvalue weighted by molar-refractivity contribution is 0.176. The van der Waals surface area contributed by atoms with Crippen molar-refractivity contribution in [3.8, 4) is 28.4 Å². The lowest BCUT2D eigenvalue weighted by Crippen LogP contribution is -2.03. The van der Waals surface area contributed by atoms with E-state index < -0.39 is 0 Å². The van der Waals surface area contributed by atoms with Crippen LogP contribution in [0.15, 0.2) is 64.5 Å². The first-order chi connectivity index (χ1) is 12.7. The molecule has 0 spiro atoms. The molecule has 26 heavy (non-hydrogen) atoms. The molecule has 2 aromatic heterocycles. The summed E-state index contributed by atoms with van der Waals surface area (Å²) in [5.41, 5.74) is 2.95. The van der Waals surface area contributed by atoms with E-state index in [0.29, 0.717) is 11.7 Å². The number of nitrogens with zero attached hydrogens (tertiary/aromatic N) is 3. The van der Waals surface area contributed by atoms with Gasteiger partial charge in [0, 0.05) is 16.5 Å². The van der Waals surface area contributed by atoms with Gasteiger partial charge in [-0.3, -0.25) is 0 Å². The van der Waals surface area contributed by atoms with Crippen molar-refractivity contribution >= 4 is 11.3 Å². The molecule has 1 atom stereocenters. The average molecular weight is 363 g/mol. The van der Waals surface area contributed by atoms with E-state index in [1.165, 1.54) is 0 Å². The number of ether oxygens (including phenoxy) is 1. The zero-order chi connectivity index (χ0) is 17.9. The minimum atomic E-state index is -0.323. The van der Waals surface area contributed by atoms with Crippen molar-refractivity contribution in [1.82, 2.24) is 15.1 Å². The molecule has 5 nitrogen and oxygen atoms in total. The lowest BCUT2D eigenvalue weighted by atomic mass is 10.1. The Bertz CT molecular complexity index is 993. The van der Waals surface area contributed by atoms with Crippen molar-refractivity contribution < 1.29 is 9.26 Å². The smallest absolute Gasteiger partial charge is 0.267 e. The van der Waals surface area contributed by atoms with Gasteiger partial charge in [0.15, 0.2) is 6.10 Å². The van der Waals surface area contributed by atoms with Crippen LogP contribution in [0, 0.1) is 6.92 Å². The molecular weight excluding hydrogens is 346 g/mol. The van der Waals surface area contributed by atoms with Gasteiger partial charge in [0.05, 0.1) is 10.7 Å². The molecule has 4 rings (SSSR count). The third-order valence-electron chi connectivity index (χ3n) is 3.90. The quantitative estimate of drug-likeness (QED) is 0.481. The molecule has 0 unspecified atom stereocenters. The molecule has 0 fully saturated rings. The van der Waals surface area contributed by atoms with Gasteiger partial charge in [0.25, 0.3) is 5.89 Å². The van der Waals surface area contributed by atoms with Crippen LogP contribution < -0.4 is 4.74 Å². The van der Waals surface area contributed by atoms with Gasteiger partial charge in [-0.05, 0) is 26.0 Å². The van der Waals surface area contributed by atoms with Gasteiger partial charge in [-0.25, -0.2) is 4.98 Å². The van der Waals surface area contributed by atoms with Gasteiger partial charge in [0.2, 0.25) is 5.82 Å². The molecule has 0 bridgehead atoms. The summed E-state index contributed by atoms with van der Waals surface area (Å²) in [7, 11) is 0. The number of thiazole rings is 1. The van der Waals surface area contributed by atoms with Gasteiger partial charge in [0.1, 0.15) is 5.75 Å². The van der Waals surface area contributed by atoms with Crippen molar-refractivity contribution in [3.63, 3.8) is 0 Å². The highest BCUT2D eigenvalue weighted by Gasteiger charge is 2.17. The lowest BCUT2D eigenvalue weighted by Gasteiger charge is -2.09. The molecule has 2 heterocycles. The van der Waals surface area contributed by atoms with Crippen molar-refractivity contribution in [3.05, 3.63) is 70.9 Å². The Labute approximate surface area is 155 Å². The number of aryl methyl sites for hydroxylation is 1. The molecule has 0 amide bonds. The van der Waals surface area contributed by atoms with Crippen LogP contribution in [-0.4, -0.2) is 15.1 Å². The highest BCUT2D eigenvalue weighted by molar-refractivity contribution is 7.09. The molecule has 0 N–H and O–H groups in total. The second-order valence-corrected chi connectivity index (χ2v) is 6.92. The maximum atomic E-state index is 5.83. The Kier molecular flexibility index (Phi) is 4.50. The Morgan fingerprint density at radius 2 is 1.69 bits per heavy atom. The summed E-state index contributed by atoms with van der Waals surface area (Å²) in [6.07, 6.45) is -0.323. The first-order valence-electron chi connectivity index (χ1n) is 8.27. The molecule has 0 aliphatic heterocycles. The van der Waals surface area contributed by atoms with Crippen LogP contribution in [0.2, 0.25) is 0 Å². The van der Waals surface area contributed by atoms with Crippen LogP contribution in [0.1, 0.15) is 23.9 Å². The average Bonchev–Trinajstić information content (AvgIpc) is 3.32. The summed E-state index contributed by atoms with van der Waals surface area (Å²) in [5, 5.41) is 7.19. The minimum Gasteiger partial charge on any atom is -0.481 e. The zero-order valence-corrected chi connectivity index (χ0v) is 15.2. The standard InChI is InChI=1S/C20H17N3O2S/c1-13(24-17-6-4-3-5-7-17)20-22-19(23-25-20)16-10-8-15(9-11-16)18-12-26-14(2)21-18/h3-13H,1-2H3/t13-/m1/s1. The van der Waals surface area contributed by atoms with Crippen LogP contribution in [-0.2, 0) is 0 Å². The Morgan fingerprint density at radius 3 is 2.38 bits per heavy atom. The molecule has 0 saturated heterocycles. The van der Waals surface area contributed by atoms with E-state index in [2.05, 4.69) is 20.5 Å². The van der Waals surface area contributed by atoms with E-state index in [9.17, 15) is 0 Å². The summed E-state index contributed by atoms with van der Waals surface area (Å²) in [4.78, 5) is 8.97. The van der Waals surface area contributed by atoms with Gasteiger partial charge in [-0.15, -0.1) is 11.3 Å². The number of rotatable bonds is 5. The van der Waals surface area contributed by atoms with Crippen LogP contribution in [0.5, 0.6) is 5.75 Å². The topological polar surface area (TPSA) is 61.0 Å². The van der Waals surface area contributed by atoms with E-state index in [-0.39, 0.29) is 6.10 Å². The fraction of sp³-hybridized carbons (Fsp3) is 0.150. The predicted molar refractivity (Wildman–Crippen MR) is 101 cm³/mol. The summed E-state index contributed by atoms with van der Waals surface area (Å²) < 4.78 is 11.2. The number of para-hydroxylation sites is 1. The first kappa shape index (κ1) is 16.5. The van der Waals surface area contributed by atoms with E-state index in [0.717, 1.165) is 27.6 Å². The second-order valence-electron chi connectivity index (χ2n) is 5.86. The molecule has 4 aromatic rings. The van der Waals surface area contributed by atoms with Crippen molar-refractivity contribution in [2.75, 3.05) is 0 Å². The second kappa shape index (κ2) is 7.09. The summed E-state index contributed by atoms with van der Waals surface area (Å²) >= 11 is 1.64. The fourth-order valence-electron chi connectivity index (χ4n) is 2.56. The SMILES string of the molecule is Cc1nc(-c2ccc(-c3noc([C@@H](C)Oc4ccccc4)n3)cc2)cs1. The minimum absolute atomic E-state index is 0.323. The maximum Gasteiger partial charge on any atom is 0.267 e. The Balaban J connectivity index is 1.50. The van der Waals surface area contributed by atoms with E-state index in [1.807, 2.05) is 68.4 Å². The summed E-state index contributed by atoms with van der Waals surface area (Å²) in [6.45, 7) is 3.89. The van der Waals surface area contributed by atoms with E-state index >= 15 is 0 Å². The van der Waals surface area contributed by atoms with Crippen LogP contribution in [0.3, 0.4) is 0 Å². The fourth-order valence-corrected chi connectivity index (χ4v) is 3.18. The molecule has 6 heteroatoms. The van der Waals surface area contributed by atoms with Crippen molar-refractivity contribution in [2.45, 2.75) is 20.0 Å². The van der Waals surface area contributed by atoms with E-state index in [1.54, 1.807) is 11.3 Å². The molecule has 2 aromatic carbocycles. The van der Waals surface area contributed by atoms with Gasteiger partial charge >= 0.3 is 0 Å². The van der Waals surface area contributed by atoms with Crippen molar-refractivity contribution in [2.24, 2.45) is 0 Å². The Hall–Kier alpha value is -2.99. The summed E-state index contributed by atoms with van der Waals surface area (Å²) in [5.74, 6) is 1.76. The van der Waals surface area contributed by atoms with Crippen LogP contribution in [0.25, 0.3) is 22.6 Å². The Morgan fingerprint density at radius 1 is 0.962 bits per heavy atom. The van der Waals surface area contributed by atoms with Crippen LogP contribution >= 0.6 is 11.3 Å². The largest absolute Gasteiger partial charge is 0.481 e. The highest BCUT2D eigenvalue weighted by Crippen LogP contribution is 2.26. The first-order valence-corrected chi connectivity index (χ1v) is 9.15. The molecule has 0 saturated carbocycles. The molecular formula is C20H17N3O2S. The monoisotopic (exact) mass is 363 g/mol. The van der Waals surface area contributed by atoms with Gasteiger partial charge < -0.3 is 9.26 Å². The highest BCUT2D eigenvalue weighted by atomic mass is 32.1.